The minimum absolute atomic E-state index is 0.0695. The van der Waals surface area contributed by atoms with E-state index in [1.807, 2.05) is 13.0 Å². The van der Waals surface area contributed by atoms with Gasteiger partial charge in [-0.2, -0.15) is 0 Å². The van der Waals surface area contributed by atoms with Gasteiger partial charge in [0.15, 0.2) is 0 Å². The summed E-state index contributed by atoms with van der Waals surface area (Å²) in [5.74, 6) is 1.26. The fourth-order valence-corrected chi connectivity index (χ4v) is 2.63. The summed E-state index contributed by atoms with van der Waals surface area (Å²) >= 11 is 0. The number of rotatable bonds is 5. The Morgan fingerprint density at radius 1 is 1.00 bits per heavy atom. The van der Waals surface area contributed by atoms with Crippen LogP contribution >= 0.6 is 0 Å². The van der Waals surface area contributed by atoms with Crippen LogP contribution in [0.1, 0.15) is 30.3 Å². The Bertz CT molecular complexity index is 767. The maximum absolute atomic E-state index is 5.56. The summed E-state index contributed by atoms with van der Waals surface area (Å²) in [6, 6.07) is 19.0. The monoisotopic (exact) mass is 307 g/mol. The Morgan fingerprint density at radius 3 is 2.39 bits per heavy atom. The number of hydrogen-bond donors (Lipinski definition) is 0. The maximum atomic E-state index is 5.56. The second-order valence-corrected chi connectivity index (χ2v) is 5.77. The van der Waals surface area contributed by atoms with Crippen LogP contribution in [0.25, 0.3) is 11.1 Å². The number of benzene rings is 2. The predicted octanol–water partition coefficient (Wildman–Crippen LogP) is 4.24. The lowest BCUT2D eigenvalue weighted by Gasteiger charge is -2.23. The molecule has 0 aliphatic carbocycles. The van der Waals surface area contributed by atoms with Gasteiger partial charge in [0, 0.05) is 13.5 Å². The molecule has 0 aliphatic rings. The van der Waals surface area contributed by atoms with Gasteiger partial charge in [0.25, 0.3) is 0 Å². The quantitative estimate of drug-likeness (QED) is 0.707. The maximum Gasteiger partial charge on any atom is 0.233 e. The van der Waals surface area contributed by atoms with Crippen LogP contribution in [-0.4, -0.2) is 22.1 Å². The molecule has 3 rings (SSSR count). The Labute approximate surface area is 136 Å². The Balaban J connectivity index is 1.83. The van der Waals surface area contributed by atoms with E-state index >= 15 is 0 Å². The molecule has 0 radical (unpaired) electrons. The highest BCUT2D eigenvalue weighted by molar-refractivity contribution is 5.67. The minimum atomic E-state index is 0.0695. The van der Waals surface area contributed by atoms with Crippen molar-refractivity contribution in [3.8, 4) is 11.1 Å². The molecule has 0 saturated carbocycles. The first-order valence-electron chi connectivity index (χ1n) is 7.78. The molecule has 1 heterocycles. The molecule has 118 valence electrons. The van der Waals surface area contributed by atoms with Gasteiger partial charge >= 0.3 is 0 Å². The lowest BCUT2D eigenvalue weighted by molar-refractivity contribution is 0.215. The summed E-state index contributed by atoms with van der Waals surface area (Å²) in [5, 5.41) is 8.05. The van der Waals surface area contributed by atoms with Crippen LogP contribution in [0.3, 0.4) is 0 Å². The van der Waals surface area contributed by atoms with Crippen molar-refractivity contribution in [1.82, 2.24) is 15.1 Å². The van der Waals surface area contributed by atoms with Gasteiger partial charge in [-0.05, 0) is 30.7 Å². The van der Waals surface area contributed by atoms with E-state index < -0.39 is 0 Å². The minimum Gasteiger partial charge on any atom is -0.424 e. The molecule has 4 heteroatoms. The number of hydrogen-bond acceptors (Lipinski definition) is 4. The zero-order chi connectivity index (χ0) is 16.2. The summed E-state index contributed by atoms with van der Waals surface area (Å²) in [4.78, 5) is 2.22. The second kappa shape index (κ2) is 6.75. The zero-order valence-electron chi connectivity index (χ0n) is 13.7. The van der Waals surface area contributed by atoms with Crippen molar-refractivity contribution in [3.63, 3.8) is 0 Å². The van der Waals surface area contributed by atoms with Crippen LogP contribution in [0.5, 0.6) is 0 Å². The van der Waals surface area contributed by atoms with E-state index in [1.165, 1.54) is 16.7 Å². The van der Waals surface area contributed by atoms with Crippen molar-refractivity contribution in [2.45, 2.75) is 26.4 Å². The van der Waals surface area contributed by atoms with E-state index in [9.17, 15) is 0 Å². The largest absolute Gasteiger partial charge is 0.424 e. The molecule has 1 atom stereocenters. The molecule has 0 fully saturated rings. The van der Waals surface area contributed by atoms with E-state index in [2.05, 4.69) is 77.6 Å². The van der Waals surface area contributed by atoms with E-state index in [1.54, 1.807) is 0 Å². The highest BCUT2D eigenvalue weighted by atomic mass is 16.4. The highest BCUT2D eigenvalue weighted by Crippen LogP contribution is 2.26. The molecule has 0 aliphatic heterocycles. The topological polar surface area (TPSA) is 42.2 Å². The van der Waals surface area contributed by atoms with E-state index in [4.69, 9.17) is 4.42 Å². The summed E-state index contributed by atoms with van der Waals surface area (Å²) in [6.45, 7) is 4.71. The Morgan fingerprint density at radius 2 is 1.70 bits per heavy atom. The van der Waals surface area contributed by atoms with Crippen molar-refractivity contribution in [2.75, 3.05) is 7.05 Å². The summed E-state index contributed by atoms with van der Waals surface area (Å²) in [5.41, 5.74) is 3.77. The van der Waals surface area contributed by atoms with E-state index in [0.717, 1.165) is 6.54 Å². The van der Waals surface area contributed by atoms with Crippen molar-refractivity contribution in [2.24, 2.45) is 0 Å². The van der Waals surface area contributed by atoms with Crippen LogP contribution in [0.15, 0.2) is 59.0 Å². The van der Waals surface area contributed by atoms with E-state index in [-0.39, 0.29) is 6.04 Å². The predicted molar refractivity (Wildman–Crippen MR) is 90.8 cm³/mol. The second-order valence-electron chi connectivity index (χ2n) is 5.77. The SMILES string of the molecule is Cc1nnc(C(C)N(C)Cc2ccccc2-c2ccccc2)o1. The molecule has 0 amide bonds. The van der Waals surface area contributed by atoms with Crippen LogP contribution in [0.4, 0.5) is 0 Å². The summed E-state index contributed by atoms with van der Waals surface area (Å²) in [7, 11) is 2.08. The average molecular weight is 307 g/mol. The van der Waals surface area contributed by atoms with Gasteiger partial charge in [0.05, 0.1) is 6.04 Å². The Kier molecular flexibility index (Phi) is 4.53. The molecule has 23 heavy (non-hydrogen) atoms. The number of nitrogens with zero attached hydrogens (tertiary/aromatic N) is 3. The standard InChI is InChI=1S/C19H21N3O/c1-14(19-21-20-15(2)23-19)22(3)13-17-11-7-8-12-18(17)16-9-5-4-6-10-16/h4-12,14H,13H2,1-3H3. The lowest BCUT2D eigenvalue weighted by Crippen LogP contribution is -2.22. The molecule has 2 aromatic carbocycles. The molecule has 3 aromatic rings. The number of aromatic nitrogens is 2. The molecule has 0 saturated heterocycles. The molecule has 0 N–H and O–H groups in total. The molecular formula is C19H21N3O. The fourth-order valence-electron chi connectivity index (χ4n) is 2.63. The van der Waals surface area contributed by atoms with Gasteiger partial charge < -0.3 is 4.42 Å². The van der Waals surface area contributed by atoms with Gasteiger partial charge in [-0.25, -0.2) is 0 Å². The molecule has 4 nitrogen and oxygen atoms in total. The van der Waals surface area contributed by atoms with Crippen molar-refractivity contribution < 1.29 is 4.42 Å². The van der Waals surface area contributed by atoms with Crippen LogP contribution in [-0.2, 0) is 6.54 Å². The third kappa shape index (κ3) is 3.48. The average Bonchev–Trinajstić information content (AvgIpc) is 3.02. The molecular weight excluding hydrogens is 286 g/mol. The smallest absolute Gasteiger partial charge is 0.233 e. The molecule has 0 spiro atoms. The lowest BCUT2D eigenvalue weighted by atomic mass is 9.99. The van der Waals surface area contributed by atoms with Crippen molar-refractivity contribution in [3.05, 3.63) is 71.9 Å². The van der Waals surface area contributed by atoms with Gasteiger partial charge in [-0.3, -0.25) is 4.90 Å². The molecule has 1 unspecified atom stereocenters. The van der Waals surface area contributed by atoms with Gasteiger partial charge in [-0.1, -0.05) is 54.6 Å². The zero-order valence-corrected chi connectivity index (χ0v) is 13.7. The highest BCUT2D eigenvalue weighted by Gasteiger charge is 2.18. The van der Waals surface area contributed by atoms with Crippen LogP contribution in [0.2, 0.25) is 0 Å². The third-order valence-corrected chi connectivity index (χ3v) is 4.08. The number of aryl methyl sites for hydroxylation is 1. The third-order valence-electron chi connectivity index (χ3n) is 4.08. The first-order valence-corrected chi connectivity index (χ1v) is 7.78. The van der Waals surface area contributed by atoms with Gasteiger partial charge in [0.1, 0.15) is 0 Å². The normalized spacial score (nSPS) is 12.5. The molecule has 1 aromatic heterocycles. The van der Waals surface area contributed by atoms with Crippen LogP contribution in [0, 0.1) is 6.92 Å². The Hall–Kier alpha value is -2.46. The van der Waals surface area contributed by atoms with Crippen LogP contribution < -0.4 is 0 Å². The molecule has 0 bridgehead atoms. The van der Waals surface area contributed by atoms with E-state index in [0.29, 0.717) is 11.8 Å². The van der Waals surface area contributed by atoms with Crippen molar-refractivity contribution in [1.29, 1.82) is 0 Å². The first-order chi connectivity index (χ1) is 11.1. The summed E-state index contributed by atoms with van der Waals surface area (Å²) in [6.07, 6.45) is 0. The van der Waals surface area contributed by atoms with Gasteiger partial charge in [-0.15, -0.1) is 10.2 Å². The fraction of sp³-hybridized carbons (Fsp3) is 0.263. The van der Waals surface area contributed by atoms with Gasteiger partial charge in [0.2, 0.25) is 11.8 Å². The van der Waals surface area contributed by atoms with Crippen molar-refractivity contribution >= 4 is 0 Å². The summed E-state index contributed by atoms with van der Waals surface area (Å²) < 4.78 is 5.56. The first kappa shape index (κ1) is 15.4.